The molecule has 3 aromatic carbocycles. The summed E-state index contributed by atoms with van der Waals surface area (Å²) < 4.78 is 7.88. The van der Waals surface area contributed by atoms with Gasteiger partial charge in [-0.05, 0) is 55.0 Å². The van der Waals surface area contributed by atoms with E-state index in [1.165, 1.54) is 23.9 Å². The van der Waals surface area contributed by atoms with Crippen LogP contribution in [0.4, 0.5) is 5.69 Å². The third-order valence-electron chi connectivity index (χ3n) is 5.37. The number of carboxylic acid groups (broad SMARTS) is 1. The molecule has 1 amide bonds. The van der Waals surface area contributed by atoms with Gasteiger partial charge in [-0.3, -0.25) is 9.36 Å². The highest BCUT2D eigenvalue weighted by Gasteiger charge is 2.20. The molecule has 0 radical (unpaired) electrons. The standard InChI is InChI=1S/C26H20N4O4S/c1-16-13-18(25(32)33)11-12-20(16)27-23(31)15-35-26-29-28-24(30(26)19-8-3-2-4-9-19)22-14-17-7-5-6-10-21(17)34-22/h2-14H,15H2,1H3,(H,27,31)(H,32,33). The Bertz CT molecular complexity index is 1510. The lowest BCUT2D eigenvalue weighted by Gasteiger charge is -2.10. The van der Waals surface area contributed by atoms with Gasteiger partial charge < -0.3 is 14.8 Å². The van der Waals surface area contributed by atoms with E-state index < -0.39 is 5.97 Å². The number of nitrogens with zero attached hydrogens (tertiary/aromatic N) is 3. The second-order valence-electron chi connectivity index (χ2n) is 7.80. The predicted octanol–water partition coefficient (Wildman–Crippen LogP) is 5.42. The molecule has 2 aromatic heterocycles. The predicted molar refractivity (Wildman–Crippen MR) is 134 cm³/mol. The molecule has 0 unspecified atom stereocenters. The number of furan rings is 1. The van der Waals surface area contributed by atoms with Crippen molar-refractivity contribution < 1.29 is 19.1 Å². The van der Waals surface area contributed by atoms with Gasteiger partial charge in [0.1, 0.15) is 5.58 Å². The maximum Gasteiger partial charge on any atom is 0.335 e. The number of anilines is 1. The highest BCUT2D eigenvalue weighted by Crippen LogP contribution is 2.31. The zero-order chi connectivity index (χ0) is 24.4. The number of amides is 1. The van der Waals surface area contributed by atoms with Crippen molar-refractivity contribution in [1.29, 1.82) is 0 Å². The van der Waals surface area contributed by atoms with Gasteiger partial charge in [0.2, 0.25) is 11.7 Å². The summed E-state index contributed by atoms with van der Waals surface area (Å²) >= 11 is 1.25. The Balaban J connectivity index is 1.40. The van der Waals surface area contributed by atoms with Gasteiger partial charge in [-0.15, -0.1) is 10.2 Å². The second kappa shape index (κ2) is 9.47. The number of carboxylic acids is 1. The second-order valence-corrected chi connectivity index (χ2v) is 8.74. The molecular weight excluding hydrogens is 464 g/mol. The van der Waals surface area contributed by atoms with Gasteiger partial charge in [0, 0.05) is 16.8 Å². The number of carbonyl (C=O) groups excluding carboxylic acids is 1. The minimum atomic E-state index is -1.01. The van der Waals surface area contributed by atoms with Crippen LogP contribution in [0.5, 0.6) is 0 Å². The van der Waals surface area contributed by atoms with Gasteiger partial charge in [-0.25, -0.2) is 4.79 Å². The molecule has 9 heteroatoms. The third kappa shape index (κ3) is 4.67. The molecule has 5 rings (SSSR count). The number of para-hydroxylation sites is 2. The van der Waals surface area contributed by atoms with Gasteiger partial charge in [-0.1, -0.05) is 48.2 Å². The molecule has 35 heavy (non-hydrogen) atoms. The summed E-state index contributed by atoms with van der Waals surface area (Å²) in [6.45, 7) is 1.75. The molecule has 0 aliphatic rings. The van der Waals surface area contributed by atoms with Gasteiger partial charge in [0.15, 0.2) is 10.9 Å². The first kappa shape index (κ1) is 22.4. The first-order chi connectivity index (χ1) is 17.0. The van der Waals surface area contributed by atoms with Crippen molar-refractivity contribution in [2.45, 2.75) is 12.1 Å². The SMILES string of the molecule is Cc1cc(C(=O)O)ccc1NC(=O)CSc1nnc(-c2cc3ccccc3o2)n1-c1ccccc1. The molecule has 0 aliphatic heterocycles. The molecular formula is C26H20N4O4S. The van der Waals surface area contributed by atoms with Crippen LogP contribution in [0.25, 0.3) is 28.2 Å². The number of aromatic carboxylic acids is 1. The lowest BCUT2D eigenvalue weighted by Crippen LogP contribution is -2.15. The highest BCUT2D eigenvalue weighted by molar-refractivity contribution is 7.99. The molecule has 5 aromatic rings. The van der Waals surface area contributed by atoms with Crippen molar-refractivity contribution in [2.75, 3.05) is 11.1 Å². The fourth-order valence-corrected chi connectivity index (χ4v) is 4.43. The van der Waals surface area contributed by atoms with Gasteiger partial charge >= 0.3 is 5.97 Å². The van der Waals surface area contributed by atoms with Crippen LogP contribution in [0.2, 0.25) is 0 Å². The molecule has 0 aliphatic carbocycles. The summed E-state index contributed by atoms with van der Waals surface area (Å²) in [6.07, 6.45) is 0. The Morgan fingerprint density at radius 3 is 2.51 bits per heavy atom. The molecule has 0 spiro atoms. The molecule has 0 bridgehead atoms. The van der Waals surface area contributed by atoms with Crippen molar-refractivity contribution in [1.82, 2.24) is 14.8 Å². The Morgan fingerprint density at radius 2 is 1.77 bits per heavy atom. The summed E-state index contributed by atoms with van der Waals surface area (Å²) in [6, 6.07) is 23.9. The summed E-state index contributed by atoms with van der Waals surface area (Å²) in [7, 11) is 0. The fourth-order valence-electron chi connectivity index (χ4n) is 3.68. The number of benzene rings is 3. The number of rotatable bonds is 7. The molecule has 2 heterocycles. The Morgan fingerprint density at radius 1 is 1.00 bits per heavy atom. The van der Waals surface area contributed by atoms with Crippen molar-refractivity contribution in [2.24, 2.45) is 0 Å². The number of carbonyl (C=O) groups is 2. The van der Waals surface area contributed by atoms with Gasteiger partial charge in [0.05, 0.1) is 11.3 Å². The lowest BCUT2D eigenvalue weighted by atomic mass is 10.1. The van der Waals surface area contributed by atoms with E-state index in [4.69, 9.17) is 9.52 Å². The number of hydrogen-bond acceptors (Lipinski definition) is 6. The van der Waals surface area contributed by atoms with E-state index in [-0.39, 0.29) is 17.2 Å². The fraction of sp³-hybridized carbons (Fsp3) is 0.0769. The molecule has 0 saturated carbocycles. The Kier molecular flexibility index (Phi) is 6.07. The van der Waals surface area contributed by atoms with Crippen molar-refractivity contribution in [3.63, 3.8) is 0 Å². The number of fused-ring (bicyclic) bond motifs is 1. The normalized spacial score (nSPS) is 11.0. The number of thioether (sulfide) groups is 1. The molecule has 174 valence electrons. The first-order valence-corrected chi connectivity index (χ1v) is 11.7. The van der Waals surface area contributed by atoms with E-state index in [1.807, 2.05) is 65.2 Å². The van der Waals surface area contributed by atoms with E-state index in [2.05, 4.69) is 15.5 Å². The molecule has 2 N–H and O–H groups in total. The third-order valence-corrected chi connectivity index (χ3v) is 6.30. The van der Waals surface area contributed by atoms with Gasteiger partial charge in [0.25, 0.3) is 0 Å². The van der Waals surface area contributed by atoms with E-state index in [0.717, 1.165) is 16.7 Å². The van der Waals surface area contributed by atoms with Crippen molar-refractivity contribution in [3.8, 4) is 17.3 Å². The van der Waals surface area contributed by atoms with Gasteiger partial charge in [-0.2, -0.15) is 0 Å². The van der Waals surface area contributed by atoms with Crippen LogP contribution in [-0.4, -0.2) is 37.5 Å². The maximum atomic E-state index is 12.7. The smallest absolute Gasteiger partial charge is 0.335 e. The average Bonchev–Trinajstić information content (AvgIpc) is 3.48. The van der Waals surface area contributed by atoms with Crippen LogP contribution in [0.1, 0.15) is 15.9 Å². The van der Waals surface area contributed by atoms with Crippen molar-refractivity contribution in [3.05, 3.63) is 90.0 Å². The summed E-state index contributed by atoms with van der Waals surface area (Å²) in [5, 5.41) is 22.2. The number of aromatic nitrogens is 3. The van der Waals surface area contributed by atoms with Crippen LogP contribution in [0, 0.1) is 6.92 Å². The van der Waals surface area contributed by atoms with Crippen molar-refractivity contribution >= 4 is 40.3 Å². The van der Waals surface area contributed by atoms with Crippen LogP contribution >= 0.6 is 11.8 Å². The molecule has 0 atom stereocenters. The van der Waals surface area contributed by atoms with E-state index in [9.17, 15) is 9.59 Å². The van der Waals surface area contributed by atoms with Crippen LogP contribution in [0.3, 0.4) is 0 Å². The minimum absolute atomic E-state index is 0.0885. The molecule has 0 saturated heterocycles. The average molecular weight is 485 g/mol. The van der Waals surface area contributed by atoms with Crippen LogP contribution < -0.4 is 5.32 Å². The monoisotopic (exact) mass is 484 g/mol. The summed E-state index contributed by atoms with van der Waals surface area (Å²) in [5.41, 5.74) is 3.00. The van der Waals surface area contributed by atoms with E-state index >= 15 is 0 Å². The quantitative estimate of drug-likeness (QED) is 0.297. The lowest BCUT2D eigenvalue weighted by molar-refractivity contribution is -0.113. The topological polar surface area (TPSA) is 110 Å². The Hall–Kier alpha value is -4.37. The number of nitrogens with one attached hydrogen (secondary N) is 1. The van der Waals surface area contributed by atoms with Crippen LogP contribution in [-0.2, 0) is 4.79 Å². The number of aryl methyl sites for hydroxylation is 1. The largest absolute Gasteiger partial charge is 0.478 e. The number of hydrogen-bond donors (Lipinski definition) is 2. The molecule has 8 nitrogen and oxygen atoms in total. The Labute approximate surface area is 204 Å². The van der Waals surface area contributed by atoms with Crippen LogP contribution in [0.15, 0.2) is 88.4 Å². The van der Waals surface area contributed by atoms with E-state index in [1.54, 1.807) is 13.0 Å². The zero-order valence-corrected chi connectivity index (χ0v) is 19.5. The first-order valence-electron chi connectivity index (χ1n) is 10.8. The summed E-state index contributed by atoms with van der Waals surface area (Å²) in [5.74, 6) is -0.0508. The maximum absolute atomic E-state index is 12.7. The summed E-state index contributed by atoms with van der Waals surface area (Å²) in [4.78, 5) is 23.8. The zero-order valence-electron chi connectivity index (χ0n) is 18.6. The highest BCUT2D eigenvalue weighted by atomic mass is 32.2. The molecule has 0 fully saturated rings. The minimum Gasteiger partial charge on any atom is -0.478 e. The van der Waals surface area contributed by atoms with E-state index in [0.29, 0.717) is 28.0 Å².